The predicted molar refractivity (Wildman–Crippen MR) is 66.1 cm³/mol. The van der Waals surface area contributed by atoms with Gasteiger partial charge in [-0.25, -0.2) is 0 Å². The number of hydrogen-bond donors (Lipinski definition) is 1. The number of nitrogens with zero attached hydrogens (tertiary/aromatic N) is 1. The van der Waals surface area contributed by atoms with Crippen molar-refractivity contribution in [1.82, 2.24) is 4.90 Å². The lowest BCUT2D eigenvalue weighted by Crippen LogP contribution is -2.61. The Bertz CT molecular complexity index is 173. The van der Waals surface area contributed by atoms with E-state index < -0.39 is 0 Å². The molecular weight excluding hydrogens is 188 g/mol. The molecule has 3 heteroatoms. The maximum absolute atomic E-state index is 5.93. The van der Waals surface area contributed by atoms with Crippen LogP contribution in [0.15, 0.2) is 0 Å². The fourth-order valence-electron chi connectivity index (χ4n) is 2.11. The molecule has 0 aromatic carbocycles. The summed E-state index contributed by atoms with van der Waals surface area (Å²) < 4.78 is 5.46. The van der Waals surface area contributed by atoms with Gasteiger partial charge in [-0.1, -0.05) is 6.92 Å². The molecule has 0 aromatic rings. The molecule has 0 saturated heterocycles. The molecule has 0 spiro atoms. The third kappa shape index (κ3) is 3.44. The van der Waals surface area contributed by atoms with E-state index in [1.807, 2.05) is 0 Å². The van der Waals surface area contributed by atoms with Gasteiger partial charge in [0.2, 0.25) is 0 Å². The van der Waals surface area contributed by atoms with Crippen LogP contribution in [0.5, 0.6) is 0 Å². The Balaban J connectivity index is 4.84. The molecule has 3 nitrogen and oxygen atoms in total. The molecule has 2 atom stereocenters. The molecule has 92 valence electrons. The summed E-state index contributed by atoms with van der Waals surface area (Å²) >= 11 is 0. The number of rotatable bonds is 7. The Labute approximate surface area is 95.0 Å². The zero-order valence-electron chi connectivity index (χ0n) is 11.2. The average Bonchev–Trinajstić information content (AvgIpc) is 2.23. The molecule has 0 aliphatic rings. The van der Waals surface area contributed by atoms with Crippen LogP contribution in [0.4, 0.5) is 0 Å². The highest BCUT2D eigenvalue weighted by Gasteiger charge is 2.37. The minimum absolute atomic E-state index is 0.0705. The predicted octanol–water partition coefficient (Wildman–Crippen LogP) is 1.86. The first-order valence-electron chi connectivity index (χ1n) is 5.93. The molecular formula is C12H28N2O. The van der Waals surface area contributed by atoms with Gasteiger partial charge in [-0.2, -0.15) is 0 Å². The van der Waals surface area contributed by atoms with E-state index in [4.69, 9.17) is 10.5 Å². The van der Waals surface area contributed by atoms with E-state index in [0.717, 1.165) is 13.0 Å². The molecule has 0 saturated carbocycles. The van der Waals surface area contributed by atoms with E-state index in [2.05, 4.69) is 39.5 Å². The fraction of sp³-hybridized carbons (Fsp3) is 1.00. The molecule has 0 radical (unpaired) electrons. The Morgan fingerprint density at radius 2 is 1.87 bits per heavy atom. The van der Waals surface area contributed by atoms with Crippen LogP contribution in [0.25, 0.3) is 0 Å². The molecule has 0 aliphatic carbocycles. The summed E-state index contributed by atoms with van der Waals surface area (Å²) in [6, 6.07) is 0.496. The lowest BCUT2D eigenvalue weighted by atomic mass is 9.91. The summed E-state index contributed by atoms with van der Waals surface area (Å²) in [5, 5.41) is 0. The van der Waals surface area contributed by atoms with Crippen LogP contribution in [0, 0.1) is 0 Å². The van der Waals surface area contributed by atoms with Gasteiger partial charge in [0.15, 0.2) is 0 Å². The van der Waals surface area contributed by atoms with E-state index >= 15 is 0 Å². The van der Waals surface area contributed by atoms with E-state index in [1.165, 1.54) is 0 Å². The van der Waals surface area contributed by atoms with Crippen molar-refractivity contribution >= 4 is 0 Å². The highest BCUT2D eigenvalue weighted by Crippen LogP contribution is 2.23. The van der Waals surface area contributed by atoms with Crippen LogP contribution in [-0.4, -0.2) is 42.8 Å². The fourth-order valence-corrected chi connectivity index (χ4v) is 2.11. The second-order valence-corrected chi connectivity index (χ2v) is 4.73. The van der Waals surface area contributed by atoms with Crippen LogP contribution in [0.1, 0.15) is 41.0 Å². The number of nitrogens with two attached hydrogens (primary N) is 1. The van der Waals surface area contributed by atoms with E-state index in [0.29, 0.717) is 12.6 Å². The highest BCUT2D eigenvalue weighted by atomic mass is 16.5. The molecule has 2 N–H and O–H groups in total. The average molecular weight is 216 g/mol. The molecule has 2 unspecified atom stereocenters. The molecule has 15 heavy (non-hydrogen) atoms. The lowest BCUT2D eigenvalue weighted by Gasteiger charge is -2.46. The van der Waals surface area contributed by atoms with Gasteiger partial charge >= 0.3 is 0 Å². The van der Waals surface area contributed by atoms with Gasteiger partial charge in [-0.05, 0) is 40.7 Å². The zero-order chi connectivity index (χ0) is 12.1. The van der Waals surface area contributed by atoms with Gasteiger partial charge in [-0.15, -0.1) is 0 Å². The van der Waals surface area contributed by atoms with Crippen molar-refractivity contribution in [3.05, 3.63) is 0 Å². The molecule has 0 aliphatic heterocycles. The SMILES string of the molecule is CCCN(C(C)C)C(C)(CN)C(C)OC. The largest absolute Gasteiger partial charge is 0.380 e. The van der Waals surface area contributed by atoms with Crippen molar-refractivity contribution in [3.8, 4) is 0 Å². The summed E-state index contributed by atoms with van der Waals surface area (Å²) in [7, 11) is 1.75. The normalized spacial score (nSPS) is 18.2. The van der Waals surface area contributed by atoms with Crippen LogP contribution in [0.3, 0.4) is 0 Å². The summed E-state index contributed by atoms with van der Waals surface area (Å²) in [4.78, 5) is 2.45. The minimum Gasteiger partial charge on any atom is -0.380 e. The van der Waals surface area contributed by atoms with Crippen molar-refractivity contribution in [2.75, 3.05) is 20.2 Å². The molecule has 0 fully saturated rings. The first-order valence-corrected chi connectivity index (χ1v) is 5.93. The van der Waals surface area contributed by atoms with E-state index in [-0.39, 0.29) is 11.6 Å². The topological polar surface area (TPSA) is 38.5 Å². The lowest BCUT2D eigenvalue weighted by molar-refractivity contribution is -0.0450. The third-order valence-electron chi connectivity index (χ3n) is 3.39. The quantitative estimate of drug-likeness (QED) is 0.706. The van der Waals surface area contributed by atoms with Crippen molar-refractivity contribution in [2.45, 2.75) is 58.7 Å². The standard InChI is InChI=1S/C12H28N2O/c1-7-8-14(10(2)3)12(5,9-13)11(4)15-6/h10-11H,7-9,13H2,1-6H3. The molecule has 0 rings (SSSR count). The first-order chi connectivity index (χ1) is 6.93. The number of ether oxygens (including phenoxy) is 1. The maximum Gasteiger partial charge on any atom is 0.0736 e. The van der Waals surface area contributed by atoms with Crippen molar-refractivity contribution in [1.29, 1.82) is 0 Å². The Kier molecular flexibility index (Phi) is 6.41. The second-order valence-electron chi connectivity index (χ2n) is 4.73. The summed E-state index contributed by atoms with van der Waals surface area (Å²) in [6.45, 7) is 12.6. The Morgan fingerprint density at radius 1 is 1.33 bits per heavy atom. The van der Waals surface area contributed by atoms with Crippen LogP contribution < -0.4 is 5.73 Å². The number of hydrogen-bond acceptors (Lipinski definition) is 3. The second kappa shape index (κ2) is 6.46. The molecule has 0 aromatic heterocycles. The smallest absolute Gasteiger partial charge is 0.0736 e. The molecule has 0 bridgehead atoms. The summed E-state index contributed by atoms with van der Waals surface area (Å²) in [5.41, 5.74) is 5.86. The van der Waals surface area contributed by atoms with Gasteiger partial charge < -0.3 is 10.5 Å². The minimum atomic E-state index is -0.0705. The monoisotopic (exact) mass is 216 g/mol. The van der Waals surface area contributed by atoms with Crippen LogP contribution >= 0.6 is 0 Å². The molecule has 0 amide bonds. The van der Waals surface area contributed by atoms with Gasteiger partial charge in [0.25, 0.3) is 0 Å². The van der Waals surface area contributed by atoms with E-state index in [1.54, 1.807) is 7.11 Å². The first kappa shape index (κ1) is 14.9. The Hall–Kier alpha value is -0.120. The Morgan fingerprint density at radius 3 is 2.13 bits per heavy atom. The third-order valence-corrected chi connectivity index (χ3v) is 3.39. The van der Waals surface area contributed by atoms with Crippen LogP contribution in [-0.2, 0) is 4.74 Å². The van der Waals surface area contributed by atoms with Crippen molar-refractivity contribution in [3.63, 3.8) is 0 Å². The van der Waals surface area contributed by atoms with Gasteiger partial charge in [0, 0.05) is 19.7 Å². The van der Waals surface area contributed by atoms with Crippen LogP contribution in [0.2, 0.25) is 0 Å². The highest BCUT2D eigenvalue weighted by molar-refractivity contribution is 4.94. The van der Waals surface area contributed by atoms with Gasteiger partial charge in [0.1, 0.15) is 0 Å². The maximum atomic E-state index is 5.93. The van der Waals surface area contributed by atoms with Crippen molar-refractivity contribution in [2.24, 2.45) is 5.73 Å². The van der Waals surface area contributed by atoms with Crippen molar-refractivity contribution < 1.29 is 4.74 Å². The number of methoxy groups -OCH3 is 1. The summed E-state index contributed by atoms with van der Waals surface area (Å²) in [6.07, 6.45) is 1.29. The molecule has 0 heterocycles. The zero-order valence-corrected chi connectivity index (χ0v) is 11.2. The van der Waals surface area contributed by atoms with Gasteiger partial charge in [-0.3, -0.25) is 4.90 Å². The van der Waals surface area contributed by atoms with Gasteiger partial charge in [0.05, 0.1) is 11.6 Å². The summed E-state index contributed by atoms with van der Waals surface area (Å²) in [5.74, 6) is 0. The van der Waals surface area contributed by atoms with E-state index in [9.17, 15) is 0 Å².